The first-order valence-corrected chi connectivity index (χ1v) is 9.66. The van der Waals surface area contributed by atoms with Gasteiger partial charge in [0, 0.05) is 46.5 Å². The molecule has 0 bridgehead atoms. The molecule has 2 heterocycles. The number of nitrogens with zero attached hydrogens (tertiary/aromatic N) is 2. The van der Waals surface area contributed by atoms with Gasteiger partial charge in [-0.3, -0.25) is 4.57 Å². The van der Waals surface area contributed by atoms with Gasteiger partial charge in [-0.1, -0.05) is 0 Å². The number of rotatable bonds is 5. The summed E-state index contributed by atoms with van der Waals surface area (Å²) in [4.78, 5) is 0. The van der Waals surface area contributed by atoms with Crippen LogP contribution in [-0.2, 0) is 13.6 Å². The van der Waals surface area contributed by atoms with Gasteiger partial charge in [0.25, 0.3) is 5.28 Å². The largest absolute Gasteiger partial charge is 0.624 e. The molecule has 1 unspecified atom stereocenters. The fraction of sp³-hybridized carbons (Fsp3) is 0.867. The van der Waals surface area contributed by atoms with Crippen molar-refractivity contribution in [1.29, 1.82) is 0 Å². The van der Waals surface area contributed by atoms with Gasteiger partial charge in [0.15, 0.2) is 18.0 Å². The van der Waals surface area contributed by atoms with E-state index in [1.807, 2.05) is 13.8 Å². The highest BCUT2D eigenvalue weighted by atomic mass is 31.2. The minimum Gasteiger partial charge on any atom is -0.624 e. The third-order valence-electron chi connectivity index (χ3n) is 4.22. The molecule has 2 aliphatic heterocycles. The molecule has 0 amide bonds. The van der Waals surface area contributed by atoms with Crippen LogP contribution in [0.2, 0.25) is 0 Å². The van der Waals surface area contributed by atoms with E-state index in [1.165, 1.54) is 6.21 Å². The lowest BCUT2D eigenvalue weighted by Gasteiger charge is -2.30. The second-order valence-corrected chi connectivity index (χ2v) is 8.93. The molecule has 0 aromatic heterocycles. The number of hydroxylamine groups is 2. The quantitative estimate of drug-likeness (QED) is 0.431. The second-order valence-electron chi connectivity index (χ2n) is 6.46. The zero-order valence-corrected chi connectivity index (χ0v) is 15.7. The van der Waals surface area contributed by atoms with Crippen LogP contribution in [0.3, 0.4) is 0 Å². The predicted molar refractivity (Wildman–Crippen MR) is 91.2 cm³/mol. The second kappa shape index (κ2) is 7.77. The van der Waals surface area contributed by atoms with Crippen molar-refractivity contribution in [2.45, 2.75) is 71.1 Å². The van der Waals surface area contributed by atoms with Crippen molar-refractivity contribution in [2.24, 2.45) is 0 Å². The minimum atomic E-state index is -3.35. The van der Waals surface area contributed by atoms with Crippen LogP contribution in [0, 0.1) is 10.4 Å². The zero-order chi connectivity index (χ0) is 17.7. The normalized spacial score (nSPS) is 26.3. The molecule has 134 valence electrons. The van der Waals surface area contributed by atoms with E-state index in [9.17, 15) is 15.0 Å². The first-order valence-electron chi connectivity index (χ1n) is 8.12. The molecule has 0 saturated carbocycles. The Morgan fingerprint density at radius 2 is 1.48 bits per heavy atom. The lowest BCUT2D eigenvalue weighted by molar-refractivity contribution is -0.527. The highest BCUT2D eigenvalue weighted by molar-refractivity contribution is 7.55. The van der Waals surface area contributed by atoms with E-state index < -0.39 is 12.9 Å². The first kappa shape index (κ1) is 20.1. The summed E-state index contributed by atoms with van der Waals surface area (Å²) in [7, 11) is -3.35. The van der Waals surface area contributed by atoms with Gasteiger partial charge < -0.3 is 19.5 Å². The average Bonchev–Trinajstić information content (AvgIpc) is 2.95. The van der Waals surface area contributed by atoms with Crippen LogP contribution in [-0.4, -0.2) is 45.9 Å². The SMILES string of the molecule is CC1(C)CCC=[N+]1[O-].CCOP(=O)(OCC)C1(C)CCC=[N+]1[O-]. The Bertz CT molecular complexity index is 508. The molecule has 0 N–H and O–H groups in total. The van der Waals surface area contributed by atoms with Crippen molar-refractivity contribution in [1.82, 2.24) is 0 Å². The Hall–Kier alpha value is -0.910. The van der Waals surface area contributed by atoms with E-state index in [4.69, 9.17) is 9.05 Å². The fourth-order valence-electron chi connectivity index (χ4n) is 2.57. The Kier molecular flexibility index (Phi) is 6.81. The van der Waals surface area contributed by atoms with E-state index in [-0.39, 0.29) is 18.8 Å². The third-order valence-corrected chi connectivity index (χ3v) is 7.02. The van der Waals surface area contributed by atoms with Crippen molar-refractivity contribution < 1.29 is 23.1 Å². The molecule has 0 aliphatic carbocycles. The van der Waals surface area contributed by atoms with Crippen LogP contribution in [0.15, 0.2) is 0 Å². The van der Waals surface area contributed by atoms with Gasteiger partial charge in [0.2, 0.25) is 0 Å². The fourth-order valence-corrected chi connectivity index (χ4v) is 4.60. The summed E-state index contributed by atoms with van der Waals surface area (Å²) in [6.45, 7) is 9.59. The first-order chi connectivity index (χ1) is 10.6. The third kappa shape index (κ3) is 4.34. The van der Waals surface area contributed by atoms with E-state index >= 15 is 0 Å². The van der Waals surface area contributed by atoms with Gasteiger partial charge >= 0.3 is 7.60 Å². The molecule has 0 radical (unpaired) electrons. The number of hydrogen-bond donors (Lipinski definition) is 0. The molecule has 7 nitrogen and oxygen atoms in total. The minimum absolute atomic E-state index is 0.125. The summed E-state index contributed by atoms with van der Waals surface area (Å²) < 4.78 is 24.6. The van der Waals surface area contributed by atoms with Crippen molar-refractivity contribution in [3.63, 3.8) is 0 Å². The Labute approximate surface area is 138 Å². The van der Waals surface area contributed by atoms with Gasteiger partial charge in [-0.05, 0) is 13.8 Å². The molecule has 0 aromatic carbocycles. The maximum absolute atomic E-state index is 12.4. The molecule has 1 atom stereocenters. The highest BCUT2D eigenvalue weighted by Crippen LogP contribution is 2.62. The van der Waals surface area contributed by atoms with Crippen LogP contribution < -0.4 is 0 Å². The Morgan fingerprint density at radius 1 is 1.00 bits per heavy atom. The smallest absolute Gasteiger partial charge is 0.401 e. The zero-order valence-electron chi connectivity index (χ0n) is 14.8. The molecule has 8 heteroatoms. The maximum atomic E-state index is 12.4. The predicted octanol–water partition coefficient (Wildman–Crippen LogP) is 3.48. The summed E-state index contributed by atoms with van der Waals surface area (Å²) in [6.07, 6.45) is 6.26. The Morgan fingerprint density at radius 3 is 1.74 bits per heavy atom. The van der Waals surface area contributed by atoms with E-state index in [2.05, 4.69) is 0 Å². The molecule has 0 spiro atoms. The summed E-state index contributed by atoms with van der Waals surface area (Å²) in [5.74, 6) is 0. The lowest BCUT2D eigenvalue weighted by Crippen LogP contribution is -2.33. The molecule has 0 fully saturated rings. The van der Waals surface area contributed by atoms with Gasteiger partial charge in [0.05, 0.1) is 13.2 Å². The van der Waals surface area contributed by atoms with Crippen molar-refractivity contribution in [2.75, 3.05) is 13.2 Å². The average molecular weight is 348 g/mol. The topological polar surface area (TPSA) is 87.7 Å². The van der Waals surface area contributed by atoms with Crippen LogP contribution in [0.5, 0.6) is 0 Å². The van der Waals surface area contributed by atoms with Crippen molar-refractivity contribution in [3.05, 3.63) is 10.4 Å². The molecular weight excluding hydrogens is 319 g/mol. The van der Waals surface area contributed by atoms with Crippen LogP contribution >= 0.6 is 7.60 Å². The van der Waals surface area contributed by atoms with Crippen molar-refractivity contribution >= 4 is 20.0 Å². The molecule has 2 rings (SSSR count). The lowest BCUT2D eigenvalue weighted by atomic mass is 10.0. The standard InChI is InChI=1S/C9H18NO4P.C6H11NO/c1-4-13-15(12,14-5-2)9(3)7-6-8-10(9)11;1-6(2)4-3-5-7(6)8/h8H,4-7H2,1-3H3;5H,3-4H2,1-2H3. The molecule has 0 saturated heterocycles. The van der Waals surface area contributed by atoms with Gasteiger partial charge in [-0.25, -0.2) is 4.74 Å². The van der Waals surface area contributed by atoms with Crippen molar-refractivity contribution in [3.8, 4) is 0 Å². The summed E-state index contributed by atoms with van der Waals surface area (Å²) in [5, 5.41) is 21.3. The van der Waals surface area contributed by atoms with Crippen LogP contribution in [0.1, 0.15) is 60.3 Å². The molecular formula is C15H29N2O5P. The van der Waals surface area contributed by atoms with E-state index in [0.29, 0.717) is 12.8 Å². The Balaban J connectivity index is 0.000000277. The van der Waals surface area contributed by atoms with Gasteiger partial charge in [-0.2, -0.15) is 4.74 Å². The molecule has 0 aromatic rings. The van der Waals surface area contributed by atoms with Gasteiger partial charge in [-0.15, -0.1) is 0 Å². The van der Waals surface area contributed by atoms with Crippen LogP contribution in [0.25, 0.3) is 0 Å². The molecule has 2 aliphatic rings. The summed E-state index contributed by atoms with van der Waals surface area (Å²) in [5.41, 5.74) is -0.125. The monoisotopic (exact) mass is 348 g/mol. The van der Waals surface area contributed by atoms with Gasteiger partial charge in [0.1, 0.15) is 0 Å². The summed E-state index contributed by atoms with van der Waals surface area (Å²) >= 11 is 0. The summed E-state index contributed by atoms with van der Waals surface area (Å²) in [6, 6.07) is 0. The van der Waals surface area contributed by atoms with Crippen LogP contribution in [0.4, 0.5) is 0 Å². The highest BCUT2D eigenvalue weighted by Gasteiger charge is 2.56. The van der Waals surface area contributed by atoms with E-state index in [0.717, 1.165) is 22.3 Å². The molecule has 23 heavy (non-hydrogen) atoms. The van der Waals surface area contributed by atoms with E-state index in [1.54, 1.807) is 27.0 Å². The maximum Gasteiger partial charge on any atom is 0.401 e. The number of hydrogen-bond acceptors (Lipinski definition) is 5.